The van der Waals surface area contributed by atoms with Crippen LogP contribution in [0.5, 0.6) is 5.75 Å². The summed E-state index contributed by atoms with van der Waals surface area (Å²) in [5, 5.41) is 15.7. The molecule has 1 aromatic heterocycles. The predicted molar refractivity (Wildman–Crippen MR) is 144 cm³/mol. The van der Waals surface area contributed by atoms with Gasteiger partial charge in [-0.25, -0.2) is 9.18 Å². The van der Waals surface area contributed by atoms with Crippen LogP contribution in [0.15, 0.2) is 42.0 Å². The average Bonchev–Trinajstić information content (AvgIpc) is 3.22. The molecule has 37 heavy (non-hydrogen) atoms. The minimum Gasteiger partial charge on any atom is -0.489 e. The molecular formula is C28H30Cl2FN3O3. The largest absolute Gasteiger partial charge is 0.489 e. The fourth-order valence-electron chi connectivity index (χ4n) is 5.17. The molecule has 2 aromatic carbocycles. The molecule has 1 saturated heterocycles. The SMILES string of the molecule is CC(C)n1nc(Cl)c2cc(COc3ccc4c(c3)CCC(CN3CCC(F)(C(=O)O)CC3)=C4Cl)ccc21. The van der Waals surface area contributed by atoms with E-state index >= 15 is 0 Å². The first-order valence-electron chi connectivity index (χ1n) is 12.6. The number of nitrogens with zero attached hydrogens (tertiary/aromatic N) is 3. The summed E-state index contributed by atoms with van der Waals surface area (Å²) < 4.78 is 22.4. The summed E-state index contributed by atoms with van der Waals surface area (Å²) in [5.74, 6) is -0.583. The van der Waals surface area contributed by atoms with E-state index in [1.54, 1.807) is 0 Å². The van der Waals surface area contributed by atoms with Crippen molar-refractivity contribution in [3.05, 3.63) is 63.8 Å². The first-order valence-corrected chi connectivity index (χ1v) is 13.3. The highest BCUT2D eigenvalue weighted by atomic mass is 35.5. The fourth-order valence-corrected chi connectivity index (χ4v) is 5.74. The molecule has 0 bridgehead atoms. The van der Waals surface area contributed by atoms with Gasteiger partial charge in [0.15, 0.2) is 5.15 Å². The first-order chi connectivity index (χ1) is 17.6. The van der Waals surface area contributed by atoms with Gasteiger partial charge >= 0.3 is 5.97 Å². The molecule has 1 fully saturated rings. The zero-order valence-corrected chi connectivity index (χ0v) is 22.4. The van der Waals surface area contributed by atoms with Crippen LogP contribution in [-0.2, 0) is 17.8 Å². The molecule has 0 spiro atoms. The van der Waals surface area contributed by atoms with Crippen molar-refractivity contribution in [1.29, 1.82) is 0 Å². The lowest BCUT2D eigenvalue weighted by molar-refractivity contribution is -0.154. The molecule has 1 aliphatic heterocycles. The minimum absolute atomic E-state index is 0.00370. The van der Waals surface area contributed by atoms with E-state index in [0.717, 1.165) is 56.8 Å². The number of hydrogen-bond donors (Lipinski definition) is 1. The van der Waals surface area contributed by atoms with Crippen molar-refractivity contribution >= 4 is 45.1 Å². The van der Waals surface area contributed by atoms with Gasteiger partial charge < -0.3 is 9.84 Å². The Morgan fingerprint density at radius 1 is 1.16 bits per heavy atom. The van der Waals surface area contributed by atoms with Crippen molar-refractivity contribution in [2.75, 3.05) is 19.6 Å². The number of likely N-dealkylation sites (tertiary alicyclic amines) is 1. The Labute approximate surface area is 225 Å². The van der Waals surface area contributed by atoms with E-state index < -0.39 is 11.6 Å². The standard InChI is InChI=1S/C28H30Cl2FN3O3/c1-17(2)34-24-8-3-18(13-23(24)26(30)32-34)16-37-21-6-7-22-19(14-21)4-5-20(25(22)29)15-33-11-9-28(31,10-12-33)27(35)36/h3,6-8,13-14,17H,4-5,9-12,15-16H2,1-2H3,(H,35,36). The molecule has 2 heterocycles. The molecule has 0 atom stereocenters. The number of alkyl halides is 1. The second-order valence-electron chi connectivity index (χ2n) is 10.3. The summed E-state index contributed by atoms with van der Waals surface area (Å²) in [6, 6.07) is 12.3. The molecule has 196 valence electrons. The number of carboxylic acids is 1. The normalized spacial score (nSPS) is 17.9. The van der Waals surface area contributed by atoms with Crippen molar-refractivity contribution in [3.63, 3.8) is 0 Å². The number of piperidine rings is 1. The Balaban J connectivity index is 1.24. The Bertz CT molecular complexity index is 1380. The van der Waals surface area contributed by atoms with Crippen LogP contribution in [0.25, 0.3) is 15.9 Å². The van der Waals surface area contributed by atoms with Gasteiger partial charge in [0, 0.05) is 48.9 Å². The highest BCUT2D eigenvalue weighted by molar-refractivity contribution is 6.49. The maximum absolute atomic E-state index is 14.4. The van der Waals surface area contributed by atoms with Gasteiger partial charge in [-0.05, 0) is 79.3 Å². The molecule has 0 amide bonds. The van der Waals surface area contributed by atoms with Gasteiger partial charge in [0.25, 0.3) is 0 Å². The molecule has 1 N–H and O–H groups in total. The monoisotopic (exact) mass is 545 g/mol. The van der Waals surface area contributed by atoms with Crippen LogP contribution in [-0.4, -0.2) is 51.1 Å². The van der Waals surface area contributed by atoms with Crippen LogP contribution in [0.3, 0.4) is 0 Å². The van der Waals surface area contributed by atoms with E-state index in [2.05, 4.69) is 23.8 Å². The van der Waals surface area contributed by atoms with Gasteiger partial charge in [-0.2, -0.15) is 5.10 Å². The van der Waals surface area contributed by atoms with Gasteiger partial charge in [-0.15, -0.1) is 0 Å². The number of benzene rings is 2. The number of carbonyl (C=O) groups is 1. The lowest BCUT2D eigenvalue weighted by Crippen LogP contribution is -2.46. The lowest BCUT2D eigenvalue weighted by atomic mass is 9.90. The molecule has 9 heteroatoms. The van der Waals surface area contributed by atoms with Gasteiger partial charge in [-0.1, -0.05) is 29.3 Å². The second kappa shape index (κ2) is 10.3. The highest BCUT2D eigenvalue weighted by Crippen LogP contribution is 2.37. The van der Waals surface area contributed by atoms with Gasteiger partial charge in [0.2, 0.25) is 5.67 Å². The van der Waals surface area contributed by atoms with Crippen molar-refractivity contribution in [3.8, 4) is 5.75 Å². The molecule has 3 aromatic rings. The number of rotatable bonds is 7. The van der Waals surface area contributed by atoms with Gasteiger partial charge in [-0.3, -0.25) is 9.58 Å². The summed E-state index contributed by atoms with van der Waals surface area (Å²) in [6.07, 6.45) is 1.65. The Hall–Kier alpha value is -2.61. The molecule has 6 nitrogen and oxygen atoms in total. The van der Waals surface area contributed by atoms with Crippen LogP contribution in [0, 0.1) is 0 Å². The zero-order chi connectivity index (χ0) is 26.3. The van der Waals surface area contributed by atoms with Crippen LogP contribution in [0.4, 0.5) is 4.39 Å². The Morgan fingerprint density at radius 2 is 1.92 bits per heavy atom. The fraction of sp³-hybridized carbons (Fsp3) is 0.429. The number of aryl methyl sites for hydroxylation is 1. The van der Waals surface area contributed by atoms with Crippen molar-refractivity contribution in [2.45, 2.75) is 57.8 Å². The van der Waals surface area contributed by atoms with Crippen LogP contribution in [0.1, 0.15) is 55.8 Å². The molecule has 5 rings (SSSR count). The Morgan fingerprint density at radius 3 is 2.62 bits per heavy atom. The number of aliphatic carboxylic acids is 1. The summed E-state index contributed by atoms with van der Waals surface area (Å²) in [7, 11) is 0. The quantitative estimate of drug-likeness (QED) is 0.360. The van der Waals surface area contributed by atoms with Crippen molar-refractivity contribution < 1.29 is 19.0 Å². The molecular weight excluding hydrogens is 516 g/mol. The van der Waals surface area contributed by atoms with E-state index in [4.69, 9.17) is 33.0 Å². The summed E-state index contributed by atoms with van der Waals surface area (Å²) in [5.41, 5.74) is 3.14. The number of ether oxygens (including phenoxy) is 1. The van der Waals surface area contributed by atoms with E-state index in [-0.39, 0.29) is 18.9 Å². The molecule has 0 saturated carbocycles. The van der Waals surface area contributed by atoms with Crippen LogP contribution >= 0.6 is 23.2 Å². The smallest absolute Gasteiger partial charge is 0.341 e. The van der Waals surface area contributed by atoms with Crippen LogP contribution in [0.2, 0.25) is 5.15 Å². The average molecular weight is 546 g/mol. The van der Waals surface area contributed by atoms with Crippen molar-refractivity contribution in [1.82, 2.24) is 14.7 Å². The van der Waals surface area contributed by atoms with E-state index in [1.165, 1.54) is 0 Å². The van der Waals surface area contributed by atoms with Gasteiger partial charge in [0.1, 0.15) is 12.4 Å². The summed E-state index contributed by atoms with van der Waals surface area (Å²) in [4.78, 5) is 13.3. The van der Waals surface area contributed by atoms with Crippen molar-refractivity contribution in [2.24, 2.45) is 0 Å². The minimum atomic E-state index is -2.11. The molecule has 0 unspecified atom stereocenters. The Kier molecular flexibility index (Phi) is 7.22. The number of halogens is 3. The number of aromatic nitrogens is 2. The number of carboxylic acid groups (broad SMARTS) is 1. The van der Waals surface area contributed by atoms with E-state index in [1.807, 2.05) is 41.1 Å². The van der Waals surface area contributed by atoms with Crippen LogP contribution < -0.4 is 4.74 Å². The maximum Gasteiger partial charge on any atom is 0.341 e. The number of fused-ring (bicyclic) bond motifs is 2. The first kappa shape index (κ1) is 26.0. The van der Waals surface area contributed by atoms with E-state index in [9.17, 15) is 9.18 Å². The third-order valence-corrected chi connectivity index (χ3v) is 8.14. The summed E-state index contributed by atoms with van der Waals surface area (Å²) >= 11 is 13.2. The highest BCUT2D eigenvalue weighted by Gasteiger charge is 2.41. The van der Waals surface area contributed by atoms with E-state index in [0.29, 0.717) is 31.4 Å². The topological polar surface area (TPSA) is 67.6 Å². The zero-order valence-electron chi connectivity index (χ0n) is 20.9. The summed E-state index contributed by atoms with van der Waals surface area (Å²) in [6.45, 7) is 6.01. The maximum atomic E-state index is 14.4. The molecule has 2 aliphatic rings. The van der Waals surface area contributed by atoms with Gasteiger partial charge in [0.05, 0.1) is 5.52 Å². The second-order valence-corrected chi connectivity index (χ2v) is 11.0. The number of hydrogen-bond acceptors (Lipinski definition) is 4. The third kappa shape index (κ3) is 5.22. The molecule has 0 radical (unpaired) electrons. The molecule has 1 aliphatic carbocycles. The third-order valence-electron chi connectivity index (χ3n) is 7.39. The predicted octanol–water partition coefficient (Wildman–Crippen LogP) is 6.63. The lowest BCUT2D eigenvalue weighted by Gasteiger charge is -2.35.